The molecule has 1 amide bonds. The lowest BCUT2D eigenvalue weighted by molar-refractivity contribution is -0.146. The molecule has 1 aromatic rings. The number of carbonyl (C=O) groups is 2. The summed E-state index contributed by atoms with van der Waals surface area (Å²) in [5.74, 6) is 0.314. The van der Waals surface area contributed by atoms with Crippen LogP contribution in [0.1, 0.15) is 43.0 Å². The van der Waals surface area contributed by atoms with Crippen molar-refractivity contribution < 1.29 is 28.9 Å². The van der Waals surface area contributed by atoms with E-state index in [9.17, 15) is 14.7 Å². The number of methoxy groups -OCH3 is 1. The summed E-state index contributed by atoms with van der Waals surface area (Å²) >= 11 is 0. The number of benzene rings is 1. The summed E-state index contributed by atoms with van der Waals surface area (Å²) in [5.41, 5.74) is -0.926. The van der Waals surface area contributed by atoms with E-state index >= 15 is 0 Å². The first-order chi connectivity index (χ1) is 11.9. The van der Waals surface area contributed by atoms with Gasteiger partial charge in [0.1, 0.15) is 18.8 Å². The molecule has 7 nitrogen and oxygen atoms in total. The van der Waals surface area contributed by atoms with E-state index in [1.807, 2.05) is 0 Å². The zero-order valence-corrected chi connectivity index (χ0v) is 14.5. The maximum absolute atomic E-state index is 12.7. The molecule has 7 heteroatoms. The number of carboxylic acids is 1. The third kappa shape index (κ3) is 3.36. The smallest absolute Gasteiger partial charge is 0.329 e. The molecule has 0 atom stereocenters. The van der Waals surface area contributed by atoms with Gasteiger partial charge in [0.05, 0.1) is 7.11 Å². The molecule has 0 saturated heterocycles. The number of hydrogen-bond acceptors (Lipinski definition) is 5. The topological polar surface area (TPSA) is 94.1 Å². The van der Waals surface area contributed by atoms with Crippen LogP contribution >= 0.6 is 0 Å². The van der Waals surface area contributed by atoms with E-state index in [1.54, 1.807) is 12.1 Å². The van der Waals surface area contributed by atoms with E-state index in [4.69, 9.17) is 14.2 Å². The third-order valence-corrected chi connectivity index (χ3v) is 4.98. The van der Waals surface area contributed by atoms with Gasteiger partial charge in [-0.1, -0.05) is 6.92 Å². The van der Waals surface area contributed by atoms with Crippen LogP contribution in [0.2, 0.25) is 0 Å². The minimum atomic E-state index is -1.22. The Bertz CT molecular complexity index is 661. The first-order valence-corrected chi connectivity index (χ1v) is 8.49. The summed E-state index contributed by atoms with van der Waals surface area (Å²) in [6, 6.07) is 3.11. The van der Waals surface area contributed by atoms with Crippen molar-refractivity contribution in [2.24, 2.45) is 5.92 Å². The van der Waals surface area contributed by atoms with Gasteiger partial charge in [-0.15, -0.1) is 0 Å². The Labute approximate surface area is 146 Å². The Morgan fingerprint density at radius 2 is 1.92 bits per heavy atom. The number of carbonyl (C=O) groups excluding carboxylic acids is 1. The zero-order chi connectivity index (χ0) is 18.0. The number of nitrogens with one attached hydrogen (secondary N) is 1. The molecule has 25 heavy (non-hydrogen) atoms. The van der Waals surface area contributed by atoms with Crippen LogP contribution in [0.25, 0.3) is 0 Å². The fourth-order valence-electron chi connectivity index (χ4n) is 3.34. The highest BCUT2D eigenvalue weighted by atomic mass is 16.6. The molecule has 0 aromatic heterocycles. The van der Waals surface area contributed by atoms with Gasteiger partial charge in [-0.2, -0.15) is 0 Å². The number of hydrogen-bond donors (Lipinski definition) is 2. The minimum absolute atomic E-state index is 0.292. The van der Waals surface area contributed by atoms with Crippen molar-refractivity contribution in [3.8, 4) is 17.2 Å². The van der Waals surface area contributed by atoms with Crippen molar-refractivity contribution >= 4 is 11.9 Å². The van der Waals surface area contributed by atoms with Crippen LogP contribution in [0, 0.1) is 5.92 Å². The quantitative estimate of drug-likeness (QED) is 0.866. The Morgan fingerprint density at radius 1 is 1.24 bits per heavy atom. The molecule has 0 bridgehead atoms. The average Bonchev–Trinajstić information content (AvgIpc) is 2.62. The Balaban J connectivity index is 1.86. The highest BCUT2D eigenvalue weighted by Crippen LogP contribution is 2.40. The largest absolute Gasteiger partial charge is 0.493 e. The van der Waals surface area contributed by atoms with E-state index in [2.05, 4.69) is 12.2 Å². The number of fused-ring (bicyclic) bond motifs is 1. The predicted molar refractivity (Wildman–Crippen MR) is 89.4 cm³/mol. The van der Waals surface area contributed by atoms with E-state index in [-0.39, 0.29) is 0 Å². The van der Waals surface area contributed by atoms with Gasteiger partial charge >= 0.3 is 5.97 Å². The number of ether oxygens (including phenoxy) is 3. The van der Waals surface area contributed by atoms with E-state index in [0.29, 0.717) is 54.8 Å². The molecule has 1 aliphatic heterocycles. The van der Waals surface area contributed by atoms with Gasteiger partial charge < -0.3 is 24.6 Å². The number of amides is 1. The van der Waals surface area contributed by atoms with Crippen molar-refractivity contribution in [3.05, 3.63) is 17.7 Å². The standard InChI is InChI=1S/C18H23NO6/c1-11-3-5-18(6-4-11,17(21)22)19-16(20)12-9-13(23-2)15-14(10-12)24-7-8-25-15/h9-11H,3-8H2,1-2H3,(H,19,20)(H,21,22). The minimum Gasteiger partial charge on any atom is -0.493 e. The summed E-state index contributed by atoms with van der Waals surface area (Å²) in [5, 5.41) is 12.4. The van der Waals surface area contributed by atoms with Gasteiger partial charge in [-0.3, -0.25) is 4.79 Å². The maximum atomic E-state index is 12.7. The molecule has 0 radical (unpaired) electrons. The molecule has 1 fully saturated rings. The van der Waals surface area contributed by atoms with Crippen LogP contribution in [0.4, 0.5) is 0 Å². The van der Waals surface area contributed by atoms with Crippen molar-refractivity contribution in [3.63, 3.8) is 0 Å². The Morgan fingerprint density at radius 3 is 2.56 bits per heavy atom. The SMILES string of the molecule is COc1cc(C(=O)NC2(C(=O)O)CCC(C)CC2)cc2c1OCCO2. The third-order valence-electron chi connectivity index (χ3n) is 4.98. The first-order valence-electron chi connectivity index (χ1n) is 8.49. The molecule has 1 saturated carbocycles. The lowest BCUT2D eigenvalue weighted by Gasteiger charge is -2.36. The van der Waals surface area contributed by atoms with Gasteiger partial charge in [0.15, 0.2) is 11.5 Å². The van der Waals surface area contributed by atoms with Crippen LogP contribution in [0.15, 0.2) is 12.1 Å². The fraction of sp³-hybridized carbons (Fsp3) is 0.556. The van der Waals surface area contributed by atoms with Crippen molar-refractivity contribution in [1.82, 2.24) is 5.32 Å². The second-order valence-electron chi connectivity index (χ2n) is 6.73. The molecule has 1 aliphatic carbocycles. The lowest BCUT2D eigenvalue weighted by Crippen LogP contribution is -2.56. The summed E-state index contributed by atoms with van der Waals surface area (Å²) in [6.45, 7) is 2.90. The van der Waals surface area contributed by atoms with Crippen LogP contribution in [-0.4, -0.2) is 42.8 Å². The van der Waals surface area contributed by atoms with Crippen LogP contribution in [-0.2, 0) is 4.79 Å². The van der Waals surface area contributed by atoms with Crippen molar-refractivity contribution in [1.29, 1.82) is 0 Å². The lowest BCUT2D eigenvalue weighted by atomic mass is 9.77. The molecular formula is C18H23NO6. The van der Waals surface area contributed by atoms with Gasteiger partial charge in [-0.05, 0) is 43.7 Å². The van der Waals surface area contributed by atoms with Gasteiger partial charge in [0, 0.05) is 5.56 Å². The Hall–Kier alpha value is -2.44. The van der Waals surface area contributed by atoms with Crippen molar-refractivity contribution in [2.45, 2.75) is 38.1 Å². The normalized spacial score (nSPS) is 25.1. The van der Waals surface area contributed by atoms with Crippen molar-refractivity contribution in [2.75, 3.05) is 20.3 Å². The molecule has 2 N–H and O–H groups in total. The van der Waals surface area contributed by atoms with Gasteiger partial charge in [-0.25, -0.2) is 4.79 Å². The molecule has 136 valence electrons. The number of carboxylic acid groups (broad SMARTS) is 1. The van der Waals surface area contributed by atoms with E-state index < -0.39 is 17.4 Å². The molecular weight excluding hydrogens is 326 g/mol. The molecule has 0 unspecified atom stereocenters. The molecule has 1 aromatic carbocycles. The predicted octanol–water partition coefficient (Wildman–Crippen LogP) is 2.23. The van der Waals surface area contributed by atoms with Gasteiger partial charge in [0.25, 0.3) is 5.91 Å². The average molecular weight is 349 g/mol. The first kappa shape index (κ1) is 17.4. The van der Waals surface area contributed by atoms with Crippen LogP contribution in [0.5, 0.6) is 17.2 Å². The zero-order valence-electron chi connectivity index (χ0n) is 14.5. The fourth-order valence-corrected chi connectivity index (χ4v) is 3.34. The Kier molecular flexibility index (Phi) is 4.74. The van der Waals surface area contributed by atoms with E-state index in [0.717, 1.165) is 12.8 Å². The molecule has 3 rings (SSSR count). The molecule has 0 spiro atoms. The molecule has 1 heterocycles. The summed E-state index contributed by atoms with van der Waals surface area (Å²) < 4.78 is 16.3. The maximum Gasteiger partial charge on any atom is 0.329 e. The monoisotopic (exact) mass is 349 g/mol. The molecule has 2 aliphatic rings. The number of rotatable bonds is 4. The summed E-state index contributed by atoms with van der Waals surface area (Å²) in [7, 11) is 1.48. The summed E-state index contributed by atoms with van der Waals surface area (Å²) in [6.07, 6.45) is 2.40. The van der Waals surface area contributed by atoms with Crippen LogP contribution < -0.4 is 19.5 Å². The van der Waals surface area contributed by atoms with E-state index in [1.165, 1.54) is 7.11 Å². The number of aliphatic carboxylic acids is 1. The highest BCUT2D eigenvalue weighted by Gasteiger charge is 2.42. The second-order valence-corrected chi connectivity index (χ2v) is 6.73. The van der Waals surface area contributed by atoms with Gasteiger partial charge in [0.2, 0.25) is 5.75 Å². The van der Waals surface area contributed by atoms with Crippen LogP contribution in [0.3, 0.4) is 0 Å². The second kappa shape index (κ2) is 6.82. The summed E-state index contributed by atoms with van der Waals surface area (Å²) in [4.78, 5) is 24.6. The highest BCUT2D eigenvalue weighted by molar-refractivity contribution is 5.99.